The zero-order valence-corrected chi connectivity index (χ0v) is 9.72. The van der Waals surface area contributed by atoms with Crippen molar-refractivity contribution in [2.45, 2.75) is 18.9 Å². The van der Waals surface area contributed by atoms with Crippen LogP contribution in [-0.2, 0) is 10.0 Å². The molecule has 1 rings (SSSR count). The molecule has 0 spiro atoms. The van der Waals surface area contributed by atoms with Crippen molar-refractivity contribution in [3.05, 3.63) is 0 Å². The smallest absolute Gasteiger partial charge is 0.212 e. The van der Waals surface area contributed by atoms with Crippen LogP contribution in [0.1, 0.15) is 12.8 Å². The minimum atomic E-state index is -3.13. The van der Waals surface area contributed by atoms with E-state index in [2.05, 4.69) is 4.72 Å². The molecular formula is C7H14ClNO2S2. The molecule has 1 fully saturated rings. The van der Waals surface area contributed by atoms with Crippen LogP contribution in [0.3, 0.4) is 0 Å². The number of hydrogen-bond donors (Lipinski definition) is 1. The second-order valence-corrected chi connectivity index (χ2v) is 6.44. The van der Waals surface area contributed by atoms with Gasteiger partial charge < -0.3 is 0 Å². The molecule has 1 unspecified atom stereocenters. The Morgan fingerprint density at radius 3 is 2.85 bits per heavy atom. The van der Waals surface area contributed by atoms with Crippen LogP contribution in [0, 0.1) is 0 Å². The quantitative estimate of drug-likeness (QED) is 0.751. The maximum absolute atomic E-state index is 11.3. The van der Waals surface area contributed by atoms with Gasteiger partial charge in [-0.2, -0.15) is 11.8 Å². The molecule has 13 heavy (non-hydrogen) atoms. The van der Waals surface area contributed by atoms with E-state index >= 15 is 0 Å². The normalized spacial score (nSPS) is 24.5. The van der Waals surface area contributed by atoms with E-state index in [1.165, 1.54) is 0 Å². The van der Waals surface area contributed by atoms with Gasteiger partial charge in [-0.15, -0.1) is 11.6 Å². The molecule has 0 amide bonds. The van der Waals surface area contributed by atoms with Gasteiger partial charge in [-0.1, -0.05) is 0 Å². The molecular weight excluding hydrogens is 230 g/mol. The topological polar surface area (TPSA) is 46.2 Å². The third-order valence-corrected chi connectivity index (χ3v) is 4.91. The largest absolute Gasteiger partial charge is 0.213 e. The lowest BCUT2D eigenvalue weighted by Crippen LogP contribution is -2.39. The monoisotopic (exact) mass is 243 g/mol. The molecule has 0 aromatic heterocycles. The Morgan fingerprint density at radius 1 is 1.54 bits per heavy atom. The van der Waals surface area contributed by atoms with Crippen molar-refractivity contribution in [3.63, 3.8) is 0 Å². The van der Waals surface area contributed by atoms with E-state index < -0.39 is 10.0 Å². The Labute approximate surface area is 88.7 Å². The fourth-order valence-corrected chi connectivity index (χ4v) is 4.07. The lowest BCUT2D eigenvalue weighted by atomic mass is 10.2. The summed E-state index contributed by atoms with van der Waals surface area (Å²) >= 11 is 7.18. The maximum Gasteiger partial charge on any atom is 0.213 e. The summed E-state index contributed by atoms with van der Waals surface area (Å²) in [6.45, 7) is 0. The van der Waals surface area contributed by atoms with Crippen LogP contribution in [0.2, 0.25) is 0 Å². The Bertz CT molecular complexity index is 237. The van der Waals surface area contributed by atoms with E-state index in [1.807, 2.05) is 0 Å². The van der Waals surface area contributed by atoms with Crippen LogP contribution in [0.25, 0.3) is 0 Å². The highest BCUT2D eigenvalue weighted by Gasteiger charge is 2.19. The molecule has 1 aliphatic heterocycles. The molecule has 0 saturated carbocycles. The number of nitrogens with one attached hydrogen (secondary N) is 1. The first-order chi connectivity index (χ1) is 6.14. The first-order valence-electron chi connectivity index (χ1n) is 4.28. The van der Waals surface area contributed by atoms with Crippen LogP contribution in [0.15, 0.2) is 0 Å². The van der Waals surface area contributed by atoms with E-state index in [1.54, 1.807) is 11.8 Å². The van der Waals surface area contributed by atoms with E-state index in [0.29, 0.717) is 0 Å². The summed E-state index contributed by atoms with van der Waals surface area (Å²) in [6.07, 6.45) is 2.05. The minimum Gasteiger partial charge on any atom is -0.212 e. The van der Waals surface area contributed by atoms with Crippen molar-refractivity contribution >= 4 is 33.4 Å². The summed E-state index contributed by atoms with van der Waals surface area (Å²) in [7, 11) is -3.13. The summed E-state index contributed by atoms with van der Waals surface area (Å²) in [5, 5.41) is 0. The summed E-state index contributed by atoms with van der Waals surface area (Å²) in [5.41, 5.74) is 0. The van der Waals surface area contributed by atoms with Gasteiger partial charge in [0.25, 0.3) is 0 Å². The van der Waals surface area contributed by atoms with Gasteiger partial charge in [0.05, 0.1) is 5.75 Å². The van der Waals surface area contributed by atoms with Crippen molar-refractivity contribution in [1.29, 1.82) is 0 Å². The highest BCUT2D eigenvalue weighted by molar-refractivity contribution is 7.99. The highest BCUT2D eigenvalue weighted by Crippen LogP contribution is 2.17. The van der Waals surface area contributed by atoms with Gasteiger partial charge in [0.15, 0.2) is 0 Å². The summed E-state index contributed by atoms with van der Waals surface area (Å²) in [6, 6.07) is 0.118. The van der Waals surface area contributed by atoms with Crippen molar-refractivity contribution in [3.8, 4) is 0 Å². The second-order valence-electron chi connectivity index (χ2n) is 3.04. The maximum atomic E-state index is 11.3. The molecule has 0 aromatic rings. The third kappa shape index (κ3) is 4.54. The lowest BCUT2D eigenvalue weighted by Gasteiger charge is -2.21. The number of hydrogen-bond acceptors (Lipinski definition) is 3. The Hall–Kier alpha value is 0.550. The Kier molecular flexibility index (Phi) is 4.86. The summed E-state index contributed by atoms with van der Waals surface area (Å²) < 4.78 is 25.3. The zero-order valence-electron chi connectivity index (χ0n) is 7.33. The molecule has 1 N–H and O–H groups in total. The number of alkyl halides is 1. The number of halogens is 1. The lowest BCUT2D eigenvalue weighted by molar-refractivity contribution is 0.544. The highest BCUT2D eigenvalue weighted by atomic mass is 35.5. The van der Waals surface area contributed by atoms with E-state index in [4.69, 9.17) is 11.6 Å². The standard InChI is InChI=1S/C7H14ClNO2S2/c8-3-5-13(10,11)9-7-2-1-4-12-6-7/h7,9H,1-6H2. The van der Waals surface area contributed by atoms with Gasteiger partial charge in [0.1, 0.15) is 0 Å². The summed E-state index contributed by atoms with van der Waals surface area (Å²) in [4.78, 5) is 0. The molecule has 6 heteroatoms. The molecule has 1 heterocycles. The van der Waals surface area contributed by atoms with Crippen molar-refractivity contribution < 1.29 is 8.42 Å². The van der Waals surface area contributed by atoms with E-state index in [9.17, 15) is 8.42 Å². The van der Waals surface area contributed by atoms with Gasteiger partial charge in [-0.25, -0.2) is 13.1 Å². The van der Waals surface area contributed by atoms with Crippen LogP contribution in [0.5, 0.6) is 0 Å². The Morgan fingerprint density at radius 2 is 2.31 bits per heavy atom. The van der Waals surface area contributed by atoms with Gasteiger partial charge in [-0.05, 0) is 18.6 Å². The SMILES string of the molecule is O=S(=O)(CCCl)NC1CCCSC1. The first kappa shape index (κ1) is 11.6. The van der Waals surface area contributed by atoms with Gasteiger partial charge in [0.2, 0.25) is 10.0 Å². The molecule has 3 nitrogen and oxygen atoms in total. The molecule has 78 valence electrons. The van der Waals surface area contributed by atoms with Crippen molar-refractivity contribution in [2.75, 3.05) is 23.1 Å². The zero-order chi connectivity index (χ0) is 9.73. The Balaban J connectivity index is 2.37. The summed E-state index contributed by atoms with van der Waals surface area (Å²) in [5.74, 6) is 2.22. The molecule has 1 aliphatic rings. The van der Waals surface area contributed by atoms with Crippen LogP contribution in [-0.4, -0.2) is 37.6 Å². The number of sulfonamides is 1. The van der Waals surface area contributed by atoms with Crippen LogP contribution >= 0.6 is 23.4 Å². The van der Waals surface area contributed by atoms with Gasteiger partial charge in [0, 0.05) is 17.7 Å². The fraction of sp³-hybridized carbons (Fsp3) is 1.00. The number of thioether (sulfide) groups is 1. The van der Waals surface area contributed by atoms with Crippen molar-refractivity contribution in [1.82, 2.24) is 4.72 Å². The average molecular weight is 244 g/mol. The van der Waals surface area contributed by atoms with E-state index in [0.717, 1.165) is 24.3 Å². The molecule has 0 aliphatic carbocycles. The van der Waals surface area contributed by atoms with Crippen LogP contribution < -0.4 is 4.72 Å². The molecule has 0 radical (unpaired) electrons. The second kappa shape index (κ2) is 5.44. The van der Waals surface area contributed by atoms with Crippen molar-refractivity contribution in [2.24, 2.45) is 0 Å². The fourth-order valence-electron chi connectivity index (χ4n) is 1.25. The van der Waals surface area contributed by atoms with E-state index in [-0.39, 0.29) is 17.7 Å². The molecule has 1 atom stereocenters. The van der Waals surface area contributed by atoms with Crippen LogP contribution in [0.4, 0.5) is 0 Å². The predicted octanol–water partition coefficient (Wildman–Crippen LogP) is 1.04. The first-order valence-corrected chi connectivity index (χ1v) is 7.62. The minimum absolute atomic E-state index is 0.0235. The molecule has 1 saturated heterocycles. The number of rotatable bonds is 4. The molecule has 0 bridgehead atoms. The van der Waals surface area contributed by atoms with Gasteiger partial charge in [-0.3, -0.25) is 0 Å². The average Bonchev–Trinajstić information content (AvgIpc) is 2.04. The predicted molar refractivity (Wildman–Crippen MR) is 58.0 cm³/mol. The molecule has 0 aromatic carbocycles. The third-order valence-electron chi connectivity index (χ3n) is 1.85. The van der Waals surface area contributed by atoms with Gasteiger partial charge >= 0.3 is 0 Å².